The fourth-order valence-electron chi connectivity index (χ4n) is 2.33. The van der Waals surface area contributed by atoms with Crippen molar-refractivity contribution in [2.45, 2.75) is 25.0 Å². The molecule has 4 heteroatoms. The monoisotopic (exact) mass is 228 g/mol. The number of hydrogen-bond donors (Lipinski definition) is 1. The quantitative estimate of drug-likeness (QED) is 0.725. The van der Waals surface area contributed by atoms with Crippen LogP contribution in [0.5, 0.6) is 0 Å². The fraction of sp³-hybridized carbons (Fsp3) is 0.909. The van der Waals surface area contributed by atoms with Crippen molar-refractivity contribution in [3.63, 3.8) is 0 Å². The molecule has 0 unspecified atom stereocenters. The number of amides is 1. The Morgan fingerprint density at radius 3 is 2.93 bits per heavy atom. The van der Waals surface area contributed by atoms with Crippen molar-refractivity contribution in [1.29, 1.82) is 0 Å². The van der Waals surface area contributed by atoms with Crippen LogP contribution in [0.3, 0.4) is 0 Å². The molecule has 0 aromatic rings. The zero-order valence-electron chi connectivity index (χ0n) is 9.58. The normalized spacial score (nSPS) is 30.5. The van der Waals surface area contributed by atoms with Gasteiger partial charge in [0.1, 0.15) is 0 Å². The van der Waals surface area contributed by atoms with Crippen LogP contribution in [0, 0.1) is 5.92 Å². The Bertz CT molecular complexity index is 249. The first-order valence-electron chi connectivity index (χ1n) is 5.72. The molecular weight excluding hydrogens is 208 g/mol. The average Bonchev–Trinajstić information content (AvgIpc) is 2.67. The zero-order chi connectivity index (χ0) is 10.9. The van der Waals surface area contributed by atoms with Crippen LogP contribution < -0.4 is 5.32 Å². The third kappa shape index (κ3) is 2.67. The minimum absolute atomic E-state index is 0.236. The lowest BCUT2D eigenvalue weighted by atomic mass is 10.1. The standard InChI is InChI=1S/C11H20N2OS/c1-11(2)8-13(5-6-15-11)10(14)9-3-4-12-7-9/h9,12H,3-8H2,1-2H3/t9-/m0/s1. The van der Waals surface area contributed by atoms with Gasteiger partial charge in [-0.25, -0.2) is 0 Å². The summed E-state index contributed by atoms with van der Waals surface area (Å²) in [5, 5.41) is 3.26. The van der Waals surface area contributed by atoms with Crippen molar-refractivity contribution < 1.29 is 4.79 Å². The van der Waals surface area contributed by atoms with Gasteiger partial charge in [-0.15, -0.1) is 0 Å². The molecule has 2 aliphatic rings. The average molecular weight is 228 g/mol. The number of nitrogens with one attached hydrogen (secondary N) is 1. The van der Waals surface area contributed by atoms with Crippen LogP contribution in [-0.2, 0) is 4.79 Å². The number of carbonyl (C=O) groups excluding carboxylic acids is 1. The lowest BCUT2D eigenvalue weighted by Crippen LogP contribution is -2.48. The number of thioether (sulfide) groups is 1. The number of hydrogen-bond acceptors (Lipinski definition) is 3. The molecule has 2 rings (SSSR count). The van der Waals surface area contributed by atoms with Gasteiger partial charge in [0.25, 0.3) is 0 Å². The molecule has 0 saturated carbocycles. The molecule has 2 aliphatic heterocycles. The molecule has 2 saturated heterocycles. The summed E-state index contributed by atoms with van der Waals surface area (Å²) in [6, 6.07) is 0. The van der Waals surface area contributed by atoms with E-state index in [0.717, 1.165) is 38.4 Å². The van der Waals surface area contributed by atoms with Gasteiger partial charge in [0.2, 0.25) is 5.91 Å². The SMILES string of the molecule is CC1(C)CN(C(=O)[C@H]2CCNC2)CCS1. The van der Waals surface area contributed by atoms with Gasteiger partial charge in [0, 0.05) is 30.1 Å². The van der Waals surface area contributed by atoms with Crippen LogP contribution in [-0.4, -0.2) is 47.5 Å². The largest absolute Gasteiger partial charge is 0.340 e. The summed E-state index contributed by atoms with van der Waals surface area (Å²) in [5.41, 5.74) is 0. The van der Waals surface area contributed by atoms with E-state index < -0.39 is 0 Å². The maximum Gasteiger partial charge on any atom is 0.227 e. The second-order valence-electron chi connectivity index (χ2n) is 5.06. The van der Waals surface area contributed by atoms with E-state index in [1.165, 1.54) is 0 Å². The Labute approximate surface area is 96.0 Å². The summed E-state index contributed by atoms with van der Waals surface area (Å²) in [6.07, 6.45) is 1.02. The fourth-order valence-corrected chi connectivity index (χ4v) is 3.44. The minimum atomic E-state index is 0.236. The Morgan fingerprint density at radius 1 is 1.53 bits per heavy atom. The number of nitrogens with zero attached hydrogens (tertiary/aromatic N) is 1. The topological polar surface area (TPSA) is 32.3 Å². The molecule has 0 aliphatic carbocycles. The highest BCUT2D eigenvalue weighted by atomic mass is 32.2. The maximum absolute atomic E-state index is 12.2. The Balaban J connectivity index is 1.94. The number of rotatable bonds is 1. The van der Waals surface area contributed by atoms with E-state index >= 15 is 0 Å². The minimum Gasteiger partial charge on any atom is -0.340 e. The molecule has 15 heavy (non-hydrogen) atoms. The van der Waals surface area contributed by atoms with Crippen LogP contribution in [0.2, 0.25) is 0 Å². The molecule has 0 aromatic heterocycles. The van der Waals surface area contributed by atoms with Gasteiger partial charge < -0.3 is 10.2 Å². The predicted molar refractivity (Wildman–Crippen MR) is 64.1 cm³/mol. The molecule has 3 nitrogen and oxygen atoms in total. The summed E-state index contributed by atoms with van der Waals surface area (Å²) >= 11 is 1.97. The van der Waals surface area contributed by atoms with E-state index in [2.05, 4.69) is 24.1 Å². The van der Waals surface area contributed by atoms with Crippen molar-refractivity contribution in [3.05, 3.63) is 0 Å². The summed E-state index contributed by atoms with van der Waals surface area (Å²) in [5.74, 6) is 1.69. The van der Waals surface area contributed by atoms with Crippen molar-refractivity contribution in [1.82, 2.24) is 10.2 Å². The Morgan fingerprint density at radius 2 is 2.33 bits per heavy atom. The van der Waals surface area contributed by atoms with Crippen LogP contribution >= 0.6 is 11.8 Å². The van der Waals surface area contributed by atoms with Crippen molar-refractivity contribution >= 4 is 17.7 Å². The molecule has 0 bridgehead atoms. The molecule has 1 amide bonds. The van der Waals surface area contributed by atoms with E-state index in [1.54, 1.807) is 0 Å². The van der Waals surface area contributed by atoms with E-state index in [4.69, 9.17) is 0 Å². The van der Waals surface area contributed by atoms with Crippen LogP contribution in [0.25, 0.3) is 0 Å². The van der Waals surface area contributed by atoms with Crippen LogP contribution in [0.1, 0.15) is 20.3 Å². The predicted octanol–water partition coefficient (Wildman–Crippen LogP) is 0.950. The van der Waals surface area contributed by atoms with E-state index in [-0.39, 0.29) is 10.7 Å². The molecule has 2 heterocycles. The van der Waals surface area contributed by atoms with Gasteiger partial charge >= 0.3 is 0 Å². The molecule has 2 fully saturated rings. The highest BCUT2D eigenvalue weighted by Crippen LogP contribution is 2.30. The molecule has 0 radical (unpaired) electrons. The highest BCUT2D eigenvalue weighted by Gasteiger charge is 2.33. The van der Waals surface area contributed by atoms with Gasteiger partial charge in [-0.1, -0.05) is 0 Å². The smallest absolute Gasteiger partial charge is 0.227 e. The van der Waals surface area contributed by atoms with Crippen LogP contribution in [0.4, 0.5) is 0 Å². The molecule has 1 atom stereocenters. The Kier molecular flexibility index (Phi) is 3.26. The van der Waals surface area contributed by atoms with Gasteiger partial charge in [0.05, 0.1) is 5.92 Å². The molecule has 1 N–H and O–H groups in total. The first kappa shape index (κ1) is 11.3. The van der Waals surface area contributed by atoms with E-state index in [9.17, 15) is 4.79 Å². The summed E-state index contributed by atoms with van der Waals surface area (Å²) in [4.78, 5) is 14.2. The first-order chi connectivity index (χ1) is 7.08. The van der Waals surface area contributed by atoms with Crippen molar-refractivity contribution in [2.75, 3.05) is 31.9 Å². The highest BCUT2D eigenvalue weighted by molar-refractivity contribution is 8.00. The zero-order valence-corrected chi connectivity index (χ0v) is 10.4. The van der Waals surface area contributed by atoms with Gasteiger partial charge in [-0.2, -0.15) is 11.8 Å². The summed E-state index contributed by atoms with van der Waals surface area (Å²) < 4.78 is 0.236. The van der Waals surface area contributed by atoms with Gasteiger partial charge in [-0.3, -0.25) is 4.79 Å². The molecule has 86 valence electrons. The van der Waals surface area contributed by atoms with Crippen molar-refractivity contribution in [2.24, 2.45) is 5.92 Å². The summed E-state index contributed by atoms with van der Waals surface area (Å²) in [6.45, 7) is 8.18. The second-order valence-corrected chi connectivity index (χ2v) is 6.86. The van der Waals surface area contributed by atoms with Gasteiger partial charge in [-0.05, 0) is 26.8 Å². The number of carbonyl (C=O) groups is 1. The second kappa shape index (κ2) is 4.34. The Hall–Kier alpha value is -0.220. The first-order valence-corrected chi connectivity index (χ1v) is 6.70. The third-order valence-electron chi connectivity index (χ3n) is 3.15. The van der Waals surface area contributed by atoms with E-state index in [0.29, 0.717) is 5.91 Å². The van der Waals surface area contributed by atoms with E-state index in [1.807, 2.05) is 11.8 Å². The third-order valence-corrected chi connectivity index (χ3v) is 4.44. The van der Waals surface area contributed by atoms with Crippen LogP contribution in [0.15, 0.2) is 0 Å². The molecule has 0 aromatic carbocycles. The lowest BCUT2D eigenvalue weighted by Gasteiger charge is -2.38. The molecule has 0 spiro atoms. The summed E-state index contributed by atoms with van der Waals surface area (Å²) in [7, 11) is 0. The maximum atomic E-state index is 12.2. The molecular formula is C11H20N2OS. The van der Waals surface area contributed by atoms with Gasteiger partial charge in [0.15, 0.2) is 0 Å². The lowest BCUT2D eigenvalue weighted by molar-refractivity contribution is -0.135. The van der Waals surface area contributed by atoms with Crippen molar-refractivity contribution in [3.8, 4) is 0 Å².